The predicted molar refractivity (Wildman–Crippen MR) is 86.6 cm³/mol. The average molecular weight is 300 g/mol. The van der Waals surface area contributed by atoms with Crippen molar-refractivity contribution in [3.63, 3.8) is 0 Å². The van der Waals surface area contributed by atoms with E-state index in [1.807, 2.05) is 30.3 Å². The fourth-order valence-corrected chi connectivity index (χ4v) is 3.69. The maximum absolute atomic E-state index is 12.2. The van der Waals surface area contributed by atoms with E-state index in [0.717, 1.165) is 18.7 Å². The highest BCUT2D eigenvalue weighted by Crippen LogP contribution is 2.27. The monoisotopic (exact) mass is 300 g/mol. The standard InChI is InChI=1S/C17H20N2OS/c20-17(14-7-2-1-3-8-14)18-13-15(16-9-6-12-21-16)19-10-4-5-11-19/h1-3,6-9,12,15H,4-5,10-11,13H2,(H,18,20). The van der Waals surface area contributed by atoms with Crippen LogP contribution >= 0.6 is 11.3 Å². The maximum Gasteiger partial charge on any atom is 0.251 e. The first-order chi connectivity index (χ1) is 10.3. The summed E-state index contributed by atoms with van der Waals surface area (Å²) < 4.78 is 0. The summed E-state index contributed by atoms with van der Waals surface area (Å²) in [5.41, 5.74) is 0.726. The number of nitrogens with zero attached hydrogens (tertiary/aromatic N) is 1. The van der Waals surface area contributed by atoms with Crippen molar-refractivity contribution in [2.24, 2.45) is 0 Å². The van der Waals surface area contributed by atoms with E-state index < -0.39 is 0 Å². The van der Waals surface area contributed by atoms with Crippen LogP contribution in [0.15, 0.2) is 47.8 Å². The highest BCUT2D eigenvalue weighted by molar-refractivity contribution is 7.10. The lowest BCUT2D eigenvalue weighted by Gasteiger charge is -2.26. The summed E-state index contributed by atoms with van der Waals surface area (Å²) in [6.45, 7) is 2.93. The van der Waals surface area contributed by atoms with E-state index in [4.69, 9.17) is 0 Å². The first-order valence-corrected chi connectivity index (χ1v) is 8.33. The fourth-order valence-electron chi connectivity index (χ4n) is 2.82. The molecule has 0 bridgehead atoms. The van der Waals surface area contributed by atoms with Crippen LogP contribution in [0.25, 0.3) is 0 Å². The van der Waals surface area contributed by atoms with Gasteiger partial charge in [0, 0.05) is 17.0 Å². The number of likely N-dealkylation sites (tertiary alicyclic amines) is 1. The van der Waals surface area contributed by atoms with Gasteiger partial charge in [-0.2, -0.15) is 0 Å². The van der Waals surface area contributed by atoms with Crippen LogP contribution in [0.1, 0.15) is 34.1 Å². The van der Waals surface area contributed by atoms with Gasteiger partial charge in [0.15, 0.2) is 0 Å². The Hall–Kier alpha value is -1.65. The minimum absolute atomic E-state index is 0.0105. The molecule has 0 radical (unpaired) electrons. The Balaban J connectivity index is 1.66. The number of hydrogen-bond donors (Lipinski definition) is 1. The zero-order valence-corrected chi connectivity index (χ0v) is 12.8. The molecule has 0 spiro atoms. The molecule has 21 heavy (non-hydrogen) atoms. The van der Waals surface area contributed by atoms with Crippen LogP contribution < -0.4 is 5.32 Å². The number of nitrogens with one attached hydrogen (secondary N) is 1. The van der Waals surface area contributed by atoms with Gasteiger partial charge in [0.1, 0.15) is 0 Å². The lowest BCUT2D eigenvalue weighted by molar-refractivity contribution is 0.0938. The first kappa shape index (κ1) is 14.3. The Morgan fingerprint density at radius 3 is 2.57 bits per heavy atom. The number of benzene rings is 1. The molecule has 1 aliphatic rings. The Bertz CT molecular complexity index is 562. The summed E-state index contributed by atoms with van der Waals surface area (Å²) in [6.07, 6.45) is 2.52. The Kier molecular flexibility index (Phi) is 4.68. The van der Waals surface area contributed by atoms with Crippen LogP contribution in [-0.4, -0.2) is 30.4 Å². The van der Waals surface area contributed by atoms with Crippen molar-refractivity contribution >= 4 is 17.2 Å². The van der Waals surface area contributed by atoms with E-state index in [1.54, 1.807) is 11.3 Å². The van der Waals surface area contributed by atoms with E-state index in [2.05, 4.69) is 27.7 Å². The molecule has 4 heteroatoms. The zero-order valence-electron chi connectivity index (χ0n) is 12.0. The summed E-state index contributed by atoms with van der Waals surface area (Å²) >= 11 is 1.77. The van der Waals surface area contributed by atoms with E-state index >= 15 is 0 Å². The van der Waals surface area contributed by atoms with Crippen molar-refractivity contribution in [1.29, 1.82) is 0 Å². The second-order valence-electron chi connectivity index (χ2n) is 5.35. The van der Waals surface area contributed by atoms with Crippen LogP contribution in [0.5, 0.6) is 0 Å². The molecule has 110 valence electrons. The summed E-state index contributed by atoms with van der Waals surface area (Å²) in [4.78, 5) is 16.0. The molecule has 3 rings (SSSR count). The molecule has 1 aromatic carbocycles. The summed E-state index contributed by atoms with van der Waals surface area (Å²) in [6, 6.07) is 14.0. The SMILES string of the molecule is O=C(NCC(c1cccs1)N1CCCC1)c1ccccc1. The van der Waals surface area contributed by atoms with Crippen LogP contribution in [0.4, 0.5) is 0 Å². The van der Waals surface area contributed by atoms with Gasteiger partial charge in [0.2, 0.25) is 0 Å². The Morgan fingerprint density at radius 1 is 1.14 bits per heavy atom. The molecule has 1 fully saturated rings. The van der Waals surface area contributed by atoms with Gasteiger partial charge in [-0.25, -0.2) is 0 Å². The molecule has 0 aliphatic carbocycles. The number of hydrogen-bond acceptors (Lipinski definition) is 3. The molecule has 1 atom stereocenters. The predicted octanol–water partition coefficient (Wildman–Crippen LogP) is 3.32. The van der Waals surface area contributed by atoms with Gasteiger partial charge in [-0.15, -0.1) is 11.3 Å². The van der Waals surface area contributed by atoms with Gasteiger partial charge in [-0.1, -0.05) is 24.3 Å². The second-order valence-corrected chi connectivity index (χ2v) is 6.33. The average Bonchev–Trinajstić information content (AvgIpc) is 3.22. The molecule has 1 aromatic heterocycles. The van der Waals surface area contributed by atoms with Crippen LogP contribution in [-0.2, 0) is 0 Å². The van der Waals surface area contributed by atoms with Gasteiger partial charge in [-0.05, 0) is 49.5 Å². The lowest BCUT2D eigenvalue weighted by Crippen LogP contribution is -2.36. The van der Waals surface area contributed by atoms with Gasteiger partial charge >= 0.3 is 0 Å². The normalized spacial score (nSPS) is 16.8. The zero-order chi connectivity index (χ0) is 14.5. The quantitative estimate of drug-likeness (QED) is 0.919. The largest absolute Gasteiger partial charge is 0.350 e. The minimum Gasteiger partial charge on any atom is -0.350 e. The molecule has 2 aromatic rings. The summed E-state index contributed by atoms with van der Waals surface area (Å²) in [5.74, 6) is 0.0105. The molecule has 3 nitrogen and oxygen atoms in total. The Morgan fingerprint density at radius 2 is 1.90 bits per heavy atom. The topological polar surface area (TPSA) is 32.3 Å². The van der Waals surface area contributed by atoms with Crippen molar-refractivity contribution in [2.75, 3.05) is 19.6 Å². The molecule has 1 saturated heterocycles. The van der Waals surface area contributed by atoms with E-state index in [-0.39, 0.29) is 5.91 Å². The number of thiophene rings is 1. The third-order valence-corrected chi connectivity index (χ3v) is 4.92. The molecule has 1 amide bonds. The third-order valence-electron chi connectivity index (χ3n) is 3.94. The van der Waals surface area contributed by atoms with Gasteiger partial charge in [-0.3, -0.25) is 9.69 Å². The van der Waals surface area contributed by atoms with Crippen LogP contribution in [0, 0.1) is 0 Å². The molecule has 2 heterocycles. The van der Waals surface area contributed by atoms with E-state index in [1.165, 1.54) is 17.7 Å². The number of amides is 1. The highest BCUT2D eigenvalue weighted by atomic mass is 32.1. The lowest BCUT2D eigenvalue weighted by atomic mass is 10.2. The van der Waals surface area contributed by atoms with Gasteiger partial charge < -0.3 is 5.32 Å². The van der Waals surface area contributed by atoms with E-state index in [0.29, 0.717) is 12.6 Å². The number of carbonyl (C=O) groups is 1. The summed E-state index contributed by atoms with van der Waals surface area (Å²) in [7, 11) is 0. The molecular formula is C17H20N2OS. The number of carbonyl (C=O) groups excluding carboxylic acids is 1. The third kappa shape index (κ3) is 3.52. The van der Waals surface area contributed by atoms with E-state index in [9.17, 15) is 4.79 Å². The summed E-state index contributed by atoms with van der Waals surface area (Å²) in [5, 5.41) is 5.20. The second kappa shape index (κ2) is 6.87. The first-order valence-electron chi connectivity index (χ1n) is 7.45. The molecular weight excluding hydrogens is 280 g/mol. The Labute approximate surface area is 129 Å². The van der Waals surface area contributed by atoms with Gasteiger partial charge in [0.05, 0.1) is 6.04 Å². The molecule has 1 N–H and O–H groups in total. The molecule has 1 aliphatic heterocycles. The van der Waals surface area contributed by atoms with Crippen molar-refractivity contribution in [3.05, 3.63) is 58.3 Å². The van der Waals surface area contributed by atoms with Crippen molar-refractivity contribution in [3.8, 4) is 0 Å². The smallest absolute Gasteiger partial charge is 0.251 e. The minimum atomic E-state index is 0.0105. The molecule has 1 unspecified atom stereocenters. The highest BCUT2D eigenvalue weighted by Gasteiger charge is 2.24. The fraction of sp³-hybridized carbons (Fsp3) is 0.353. The maximum atomic E-state index is 12.2. The van der Waals surface area contributed by atoms with Crippen LogP contribution in [0.2, 0.25) is 0 Å². The van der Waals surface area contributed by atoms with Crippen molar-refractivity contribution in [1.82, 2.24) is 10.2 Å². The van der Waals surface area contributed by atoms with Gasteiger partial charge in [0.25, 0.3) is 5.91 Å². The van der Waals surface area contributed by atoms with Crippen molar-refractivity contribution < 1.29 is 4.79 Å². The number of rotatable bonds is 5. The van der Waals surface area contributed by atoms with Crippen LogP contribution in [0.3, 0.4) is 0 Å². The van der Waals surface area contributed by atoms with Crippen molar-refractivity contribution in [2.45, 2.75) is 18.9 Å². The molecule has 0 saturated carbocycles.